The van der Waals surface area contributed by atoms with Gasteiger partial charge in [0.2, 0.25) is 5.88 Å². The van der Waals surface area contributed by atoms with Crippen LogP contribution >= 0.6 is 11.6 Å². The number of methoxy groups -OCH3 is 1. The maximum atomic E-state index is 15.0. The van der Waals surface area contributed by atoms with E-state index < -0.39 is 35.4 Å². The van der Waals surface area contributed by atoms with Gasteiger partial charge >= 0.3 is 6.16 Å². The van der Waals surface area contributed by atoms with Gasteiger partial charge in [-0.05, 0) is 42.5 Å². The van der Waals surface area contributed by atoms with Gasteiger partial charge in [-0.15, -0.1) is 0 Å². The smallest absolute Gasteiger partial charge is 0.449 e. The summed E-state index contributed by atoms with van der Waals surface area (Å²) in [7, 11) is 1.47. The van der Waals surface area contributed by atoms with Crippen LogP contribution in [0.5, 0.6) is 5.88 Å². The topological polar surface area (TPSA) is 131 Å². The summed E-state index contributed by atoms with van der Waals surface area (Å²) in [6, 6.07) is 13.2. The minimum Gasteiger partial charge on any atom is -0.449 e. The summed E-state index contributed by atoms with van der Waals surface area (Å²) in [6.45, 7) is 0.235. The molecule has 4 N–H and O–H groups in total. The van der Waals surface area contributed by atoms with Crippen molar-refractivity contribution in [2.45, 2.75) is 18.1 Å². The van der Waals surface area contributed by atoms with E-state index in [4.69, 9.17) is 21.4 Å². The predicted octanol–water partition coefficient (Wildman–Crippen LogP) is 3.65. The number of rotatable bonds is 7. The molecule has 1 aliphatic rings. The standard InChI is InChI=1S/C24H22ClFN4O6/c1-35-17-12-24(27-13-17,21(31)28-15-6-4-14(25)5-7-15)22(32)29-19-9-8-16(11-18(19)26)30-10-2-3-20(30)36-23(33)34/h2-11,17,27H,12-13H2,1H3,(H,28,31)(H,29,32)(H,33,34). The minimum absolute atomic E-state index is 0.0215. The molecule has 1 aromatic heterocycles. The van der Waals surface area contributed by atoms with Gasteiger partial charge in [-0.3, -0.25) is 19.5 Å². The quantitative estimate of drug-likeness (QED) is 0.278. The van der Waals surface area contributed by atoms with Gasteiger partial charge in [-0.2, -0.15) is 0 Å². The zero-order valence-electron chi connectivity index (χ0n) is 19.0. The molecule has 4 rings (SSSR count). The lowest BCUT2D eigenvalue weighted by molar-refractivity contribution is -0.132. The lowest BCUT2D eigenvalue weighted by Gasteiger charge is -2.27. The van der Waals surface area contributed by atoms with Crippen LogP contribution < -0.4 is 20.7 Å². The molecule has 1 aliphatic heterocycles. The molecule has 0 spiro atoms. The highest BCUT2D eigenvalue weighted by Gasteiger charge is 2.51. The Kier molecular flexibility index (Phi) is 7.25. The van der Waals surface area contributed by atoms with E-state index >= 15 is 0 Å². The molecule has 2 unspecified atom stereocenters. The second kappa shape index (κ2) is 10.4. The number of halogens is 2. The van der Waals surface area contributed by atoms with Crippen molar-refractivity contribution in [2.75, 3.05) is 24.3 Å². The van der Waals surface area contributed by atoms with Crippen molar-refractivity contribution in [3.05, 3.63) is 71.6 Å². The van der Waals surface area contributed by atoms with E-state index in [1.54, 1.807) is 24.3 Å². The van der Waals surface area contributed by atoms with Crippen molar-refractivity contribution in [1.82, 2.24) is 9.88 Å². The third-order valence-electron chi connectivity index (χ3n) is 5.76. The van der Waals surface area contributed by atoms with E-state index in [2.05, 4.69) is 20.7 Å². The number of hydrogen-bond acceptors (Lipinski definition) is 6. The first kappa shape index (κ1) is 25.2. The maximum Gasteiger partial charge on any atom is 0.512 e. The highest BCUT2D eigenvalue weighted by atomic mass is 35.5. The van der Waals surface area contributed by atoms with Crippen molar-refractivity contribution in [3.63, 3.8) is 0 Å². The van der Waals surface area contributed by atoms with Crippen molar-refractivity contribution in [2.24, 2.45) is 0 Å². The molecule has 2 heterocycles. The molecular weight excluding hydrogens is 495 g/mol. The van der Waals surface area contributed by atoms with Crippen molar-refractivity contribution < 1.29 is 33.4 Å². The third kappa shape index (κ3) is 5.18. The fourth-order valence-corrected chi connectivity index (χ4v) is 4.02. The molecule has 2 aromatic carbocycles. The monoisotopic (exact) mass is 516 g/mol. The number of nitrogens with one attached hydrogen (secondary N) is 3. The number of carbonyl (C=O) groups excluding carboxylic acids is 2. The average molecular weight is 517 g/mol. The van der Waals surface area contributed by atoms with E-state index in [-0.39, 0.29) is 30.2 Å². The van der Waals surface area contributed by atoms with Crippen LogP contribution in [0.1, 0.15) is 6.42 Å². The zero-order valence-corrected chi connectivity index (χ0v) is 19.7. The Hall–Kier alpha value is -3.93. The molecule has 3 aromatic rings. The summed E-state index contributed by atoms with van der Waals surface area (Å²) in [4.78, 5) is 37.5. The fraction of sp³-hybridized carbons (Fsp3) is 0.208. The van der Waals surface area contributed by atoms with Gasteiger partial charge in [-0.1, -0.05) is 11.6 Å². The molecule has 1 saturated heterocycles. The van der Waals surface area contributed by atoms with Gasteiger partial charge in [0.25, 0.3) is 11.8 Å². The van der Waals surface area contributed by atoms with Crippen LogP contribution in [0.25, 0.3) is 5.69 Å². The van der Waals surface area contributed by atoms with Crippen molar-refractivity contribution in [3.8, 4) is 11.6 Å². The van der Waals surface area contributed by atoms with E-state index in [1.807, 2.05) is 0 Å². The first-order valence-corrected chi connectivity index (χ1v) is 11.1. The highest BCUT2D eigenvalue weighted by Crippen LogP contribution is 2.28. The van der Waals surface area contributed by atoms with E-state index in [9.17, 15) is 18.8 Å². The fourth-order valence-electron chi connectivity index (χ4n) is 3.90. The number of carboxylic acid groups (broad SMARTS) is 1. The van der Waals surface area contributed by atoms with Crippen LogP contribution in [-0.4, -0.2) is 52.9 Å². The molecule has 0 aliphatic carbocycles. The molecular formula is C24H22ClFN4O6. The number of anilines is 2. The Morgan fingerprint density at radius 1 is 1.14 bits per heavy atom. The number of amides is 2. The van der Waals surface area contributed by atoms with Gasteiger partial charge in [0.05, 0.1) is 17.5 Å². The van der Waals surface area contributed by atoms with Crippen LogP contribution in [0.4, 0.5) is 20.6 Å². The number of nitrogens with zero attached hydrogens (tertiary/aromatic N) is 1. The van der Waals surface area contributed by atoms with Gasteiger partial charge in [0.1, 0.15) is 5.82 Å². The molecule has 0 saturated carbocycles. The zero-order chi connectivity index (χ0) is 25.9. The van der Waals surface area contributed by atoms with Gasteiger partial charge in [0.15, 0.2) is 5.54 Å². The summed E-state index contributed by atoms with van der Waals surface area (Å²) in [5, 5.41) is 17.4. The van der Waals surface area contributed by atoms with Gasteiger partial charge in [0, 0.05) is 49.1 Å². The molecule has 10 nitrogen and oxygen atoms in total. The summed E-state index contributed by atoms with van der Waals surface area (Å²) in [5.74, 6) is -2.24. The number of benzene rings is 2. The van der Waals surface area contributed by atoms with Crippen LogP contribution in [0.3, 0.4) is 0 Å². The minimum atomic E-state index is -1.73. The largest absolute Gasteiger partial charge is 0.512 e. The first-order chi connectivity index (χ1) is 17.2. The van der Waals surface area contributed by atoms with E-state index in [1.165, 1.54) is 42.1 Å². The molecule has 1 fully saturated rings. The SMILES string of the molecule is COC1CNC(C(=O)Nc2ccc(Cl)cc2)(C(=O)Nc2ccc(-n3cccc3OC(=O)O)cc2F)C1. The van der Waals surface area contributed by atoms with E-state index in [0.717, 1.165) is 6.07 Å². The van der Waals surface area contributed by atoms with Crippen LogP contribution in [0, 0.1) is 5.82 Å². The molecule has 12 heteroatoms. The predicted molar refractivity (Wildman–Crippen MR) is 129 cm³/mol. The lowest BCUT2D eigenvalue weighted by Crippen LogP contribution is -2.59. The Bertz CT molecular complexity index is 1300. The lowest BCUT2D eigenvalue weighted by atomic mass is 9.93. The Morgan fingerprint density at radius 3 is 2.50 bits per heavy atom. The third-order valence-corrected chi connectivity index (χ3v) is 6.01. The summed E-state index contributed by atoms with van der Waals surface area (Å²) in [6.07, 6.45) is -0.414. The van der Waals surface area contributed by atoms with Gasteiger partial charge in [-0.25, -0.2) is 9.18 Å². The normalized spacial score (nSPS) is 19.0. The molecule has 36 heavy (non-hydrogen) atoms. The first-order valence-electron chi connectivity index (χ1n) is 10.8. The second-order valence-electron chi connectivity index (χ2n) is 8.01. The average Bonchev–Trinajstić information content (AvgIpc) is 3.49. The molecule has 0 radical (unpaired) electrons. The molecule has 188 valence electrons. The van der Waals surface area contributed by atoms with E-state index in [0.29, 0.717) is 10.7 Å². The van der Waals surface area contributed by atoms with Crippen LogP contribution in [0.15, 0.2) is 60.8 Å². The van der Waals surface area contributed by atoms with Crippen LogP contribution in [0.2, 0.25) is 5.02 Å². The van der Waals surface area contributed by atoms with Gasteiger partial charge < -0.3 is 25.2 Å². The van der Waals surface area contributed by atoms with Crippen molar-refractivity contribution in [1.29, 1.82) is 0 Å². The summed E-state index contributed by atoms with van der Waals surface area (Å²) in [5.41, 5.74) is -1.20. The summed E-state index contributed by atoms with van der Waals surface area (Å²) < 4.78 is 26.3. The Morgan fingerprint density at radius 2 is 1.86 bits per heavy atom. The number of ether oxygens (including phenoxy) is 2. The highest BCUT2D eigenvalue weighted by molar-refractivity contribution is 6.30. The number of hydrogen-bond donors (Lipinski definition) is 4. The summed E-state index contributed by atoms with van der Waals surface area (Å²) >= 11 is 5.89. The second-order valence-corrected chi connectivity index (χ2v) is 8.45. The molecule has 2 amide bonds. The van der Waals surface area contributed by atoms with Crippen LogP contribution in [-0.2, 0) is 14.3 Å². The number of carbonyl (C=O) groups is 3. The maximum absolute atomic E-state index is 15.0. The molecule has 2 atom stereocenters. The Labute approximate surface area is 210 Å². The number of aromatic nitrogens is 1. The molecule has 0 bridgehead atoms. The Balaban J connectivity index is 1.57. The van der Waals surface area contributed by atoms with Crippen molar-refractivity contribution >= 4 is 40.9 Å².